The standard InChI is InChI=1S/C37H41N5O8S2/c1-37(2,51)21-38-34(44)29-17-24(20-41(29)3)22-11-13-25(14-12-22)39-33(43)10-7-15-50-32-19-27-26(18-31(32)49-4)36(45)42-28-9-6-5-8-23(28)16-30(42)35(40-27)52(46,47)48/h5-6,8-9,11-14,17-20,30,35,40,51H,7,10,15-16,21H2,1-4H3,(H,38,44)(H,39,43)(H,46,47,48)/t30-,35?/m0/s1. The first-order valence-corrected chi connectivity index (χ1v) is 18.6. The number of hydrogen-bond acceptors (Lipinski definition) is 9. The lowest BCUT2D eigenvalue weighted by molar-refractivity contribution is -0.116. The summed E-state index contributed by atoms with van der Waals surface area (Å²) >= 11 is 4.46. The minimum absolute atomic E-state index is 0.120. The van der Waals surface area contributed by atoms with Crippen LogP contribution in [0.2, 0.25) is 0 Å². The van der Waals surface area contributed by atoms with Gasteiger partial charge < -0.3 is 34.9 Å². The second-order valence-electron chi connectivity index (χ2n) is 13.5. The molecule has 0 radical (unpaired) electrons. The average Bonchev–Trinajstić information content (AvgIpc) is 3.64. The number of ether oxygens (including phenoxy) is 2. The molecule has 13 nitrogen and oxygen atoms in total. The highest BCUT2D eigenvalue weighted by atomic mass is 32.2. The van der Waals surface area contributed by atoms with Crippen LogP contribution in [0.15, 0.2) is 72.9 Å². The monoisotopic (exact) mass is 747 g/mol. The van der Waals surface area contributed by atoms with Crippen LogP contribution in [-0.4, -0.2) is 71.7 Å². The summed E-state index contributed by atoms with van der Waals surface area (Å²) < 4.78 is 48.2. The molecule has 2 aliphatic rings. The van der Waals surface area contributed by atoms with Crippen LogP contribution in [-0.2, 0) is 28.4 Å². The van der Waals surface area contributed by atoms with Gasteiger partial charge in [0, 0.05) is 54.0 Å². The number of aryl methyl sites for hydroxylation is 1. The number of nitrogens with one attached hydrogen (secondary N) is 3. The summed E-state index contributed by atoms with van der Waals surface area (Å²) in [6.07, 6.45) is 2.60. The van der Waals surface area contributed by atoms with Crippen LogP contribution < -0.4 is 30.3 Å². The minimum atomic E-state index is -4.64. The largest absolute Gasteiger partial charge is 0.493 e. The van der Waals surface area contributed by atoms with Gasteiger partial charge in [0.1, 0.15) is 5.69 Å². The number of carbonyl (C=O) groups excluding carboxylic acids is 3. The quantitative estimate of drug-likeness (QED) is 0.0749. The van der Waals surface area contributed by atoms with E-state index in [0.717, 1.165) is 16.7 Å². The van der Waals surface area contributed by atoms with Gasteiger partial charge in [-0.3, -0.25) is 18.9 Å². The Kier molecular flexibility index (Phi) is 10.3. The van der Waals surface area contributed by atoms with Crippen molar-refractivity contribution in [3.8, 4) is 22.6 Å². The fraction of sp³-hybridized carbons (Fsp3) is 0.324. The number of para-hydroxylation sites is 1. The first kappa shape index (κ1) is 36.8. The third kappa shape index (κ3) is 7.91. The number of aromatic nitrogens is 1. The maximum absolute atomic E-state index is 13.8. The van der Waals surface area contributed by atoms with Crippen LogP contribution in [0.5, 0.6) is 11.5 Å². The van der Waals surface area contributed by atoms with Gasteiger partial charge in [-0.25, -0.2) is 0 Å². The Bertz CT molecular complexity index is 2130. The zero-order valence-corrected chi connectivity index (χ0v) is 30.9. The molecule has 52 heavy (non-hydrogen) atoms. The fourth-order valence-electron chi connectivity index (χ4n) is 6.42. The van der Waals surface area contributed by atoms with Crippen molar-refractivity contribution in [2.75, 3.05) is 35.8 Å². The zero-order valence-electron chi connectivity index (χ0n) is 29.2. The molecule has 0 aliphatic carbocycles. The summed E-state index contributed by atoms with van der Waals surface area (Å²) in [4.78, 5) is 40.7. The molecule has 0 bridgehead atoms. The Balaban J connectivity index is 1.07. The molecule has 6 rings (SSSR count). The van der Waals surface area contributed by atoms with Crippen molar-refractivity contribution in [3.05, 3.63) is 89.7 Å². The van der Waals surface area contributed by atoms with Crippen molar-refractivity contribution in [1.29, 1.82) is 0 Å². The number of amides is 3. The minimum Gasteiger partial charge on any atom is -0.493 e. The molecule has 15 heteroatoms. The maximum Gasteiger partial charge on any atom is 0.288 e. The van der Waals surface area contributed by atoms with E-state index in [-0.39, 0.29) is 58.8 Å². The number of benzene rings is 3. The second kappa shape index (κ2) is 14.6. The van der Waals surface area contributed by atoms with Gasteiger partial charge in [-0.05, 0) is 68.1 Å². The molecule has 1 aromatic heterocycles. The van der Waals surface area contributed by atoms with E-state index in [4.69, 9.17) is 9.47 Å². The van der Waals surface area contributed by atoms with Gasteiger partial charge in [0.2, 0.25) is 5.91 Å². The summed E-state index contributed by atoms with van der Waals surface area (Å²) in [7, 11) is -1.40. The smallest absolute Gasteiger partial charge is 0.288 e. The molecule has 4 aromatic rings. The van der Waals surface area contributed by atoms with E-state index in [1.165, 1.54) is 24.1 Å². The summed E-state index contributed by atoms with van der Waals surface area (Å²) in [5.74, 6) is -0.362. The van der Waals surface area contributed by atoms with E-state index >= 15 is 0 Å². The van der Waals surface area contributed by atoms with Crippen molar-refractivity contribution >= 4 is 57.5 Å². The van der Waals surface area contributed by atoms with E-state index in [1.54, 1.807) is 28.8 Å². The van der Waals surface area contributed by atoms with Crippen molar-refractivity contribution < 1.29 is 36.8 Å². The van der Waals surface area contributed by atoms with Crippen molar-refractivity contribution in [3.63, 3.8) is 0 Å². The fourth-order valence-corrected chi connectivity index (χ4v) is 7.39. The Labute approximate surface area is 307 Å². The normalized spacial score (nSPS) is 16.6. The molecular weight excluding hydrogens is 707 g/mol. The first-order valence-electron chi connectivity index (χ1n) is 16.7. The SMILES string of the molecule is COc1cc2c(cc1OCCCC(=O)Nc1ccc(-c3cc(C(=O)NCC(C)(C)S)n(C)c3)cc1)NC(S(=O)(=O)O)[C@@H]1Cc3ccccc3N1C2=O. The number of anilines is 3. The van der Waals surface area contributed by atoms with Gasteiger partial charge in [0.05, 0.1) is 31.0 Å². The number of rotatable bonds is 12. The molecule has 0 saturated carbocycles. The van der Waals surface area contributed by atoms with E-state index in [2.05, 4.69) is 28.6 Å². The molecule has 0 saturated heterocycles. The lowest BCUT2D eigenvalue weighted by Crippen LogP contribution is -2.49. The van der Waals surface area contributed by atoms with Crippen molar-refractivity contribution in [1.82, 2.24) is 9.88 Å². The highest BCUT2D eigenvalue weighted by molar-refractivity contribution is 7.86. The first-order chi connectivity index (χ1) is 24.6. The van der Waals surface area contributed by atoms with Gasteiger partial charge in [0.25, 0.3) is 21.9 Å². The highest BCUT2D eigenvalue weighted by Crippen LogP contribution is 2.42. The Morgan fingerprint density at radius 3 is 2.48 bits per heavy atom. The average molecular weight is 748 g/mol. The van der Waals surface area contributed by atoms with Crippen LogP contribution in [0.25, 0.3) is 11.1 Å². The Hall–Kier alpha value is -4.99. The maximum atomic E-state index is 13.8. The van der Waals surface area contributed by atoms with Crippen LogP contribution in [0.1, 0.15) is 53.1 Å². The van der Waals surface area contributed by atoms with E-state index in [0.29, 0.717) is 30.0 Å². The lowest BCUT2D eigenvalue weighted by Gasteiger charge is -2.27. The molecule has 274 valence electrons. The summed E-state index contributed by atoms with van der Waals surface area (Å²) in [5, 5.41) is 7.16. The van der Waals surface area contributed by atoms with Crippen molar-refractivity contribution in [2.24, 2.45) is 7.05 Å². The number of fused-ring (bicyclic) bond motifs is 4. The van der Waals surface area contributed by atoms with E-state index in [1.807, 2.05) is 57.4 Å². The molecule has 2 aliphatic heterocycles. The second-order valence-corrected chi connectivity index (χ2v) is 16.2. The number of hydrogen-bond donors (Lipinski definition) is 5. The molecular formula is C37H41N5O8S2. The van der Waals surface area contributed by atoms with Gasteiger partial charge in [-0.1, -0.05) is 30.3 Å². The van der Waals surface area contributed by atoms with Gasteiger partial charge in [-0.15, -0.1) is 0 Å². The lowest BCUT2D eigenvalue weighted by atomic mass is 10.1. The summed E-state index contributed by atoms with van der Waals surface area (Å²) in [5.41, 5.74) is 4.58. The third-order valence-electron chi connectivity index (χ3n) is 8.96. The van der Waals surface area contributed by atoms with Crippen molar-refractivity contribution in [2.45, 2.75) is 49.3 Å². The summed E-state index contributed by atoms with van der Waals surface area (Å²) in [6, 6.07) is 18.4. The number of nitrogens with zero attached hydrogens (tertiary/aromatic N) is 2. The van der Waals surface area contributed by atoms with Crippen LogP contribution in [0.4, 0.5) is 17.1 Å². The zero-order chi connectivity index (χ0) is 37.4. The molecule has 0 fully saturated rings. The van der Waals surface area contributed by atoms with E-state index < -0.39 is 27.4 Å². The predicted octanol–water partition coefficient (Wildman–Crippen LogP) is 5.15. The molecule has 2 atom stereocenters. The molecule has 4 N–H and O–H groups in total. The number of thiol groups is 1. The Morgan fingerprint density at radius 2 is 1.79 bits per heavy atom. The Morgan fingerprint density at radius 1 is 1.06 bits per heavy atom. The molecule has 1 unspecified atom stereocenters. The molecule has 3 amide bonds. The molecule has 0 spiro atoms. The third-order valence-corrected chi connectivity index (χ3v) is 10.2. The number of carbonyl (C=O) groups is 3. The van der Waals surface area contributed by atoms with E-state index in [9.17, 15) is 27.4 Å². The van der Waals surface area contributed by atoms with Gasteiger partial charge in [0.15, 0.2) is 16.9 Å². The van der Waals surface area contributed by atoms with Crippen LogP contribution in [0.3, 0.4) is 0 Å². The van der Waals surface area contributed by atoms with Gasteiger partial charge in [-0.2, -0.15) is 21.0 Å². The van der Waals surface area contributed by atoms with Gasteiger partial charge >= 0.3 is 0 Å². The molecule has 3 aromatic carbocycles. The highest BCUT2D eigenvalue weighted by Gasteiger charge is 2.47. The summed E-state index contributed by atoms with van der Waals surface area (Å²) in [6.45, 7) is 4.39. The van der Waals surface area contributed by atoms with Crippen LogP contribution >= 0.6 is 12.6 Å². The van der Waals surface area contributed by atoms with Crippen LogP contribution in [0, 0.1) is 0 Å². The number of methoxy groups -OCH3 is 1. The predicted molar refractivity (Wildman–Crippen MR) is 202 cm³/mol. The molecule has 3 heterocycles. The topological polar surface area (TPSA) is 168 Å².